The van der Waals surface area contributed by atoms with Crippen LogP contribution in [0.5, 0.6) is 5.75 Å². The molecule has 3 aromatic carbocycles. The first kappa shape index (κ1) is 34.2. The Balaban J connectivity index is 2.06. The number of amides is 3. The number of benzene rings is 3. The van der Waals surface area contributed by atoms with E-state index < -0.39 is 35.6 Å². The molecule has 2 unspecified atom stereocenters. The highest BCUT2D eigenvalue weighted by Crippen LogP contribution is 2.28. The van der Waals surface area contributed by atoms with Gasteiger partial charge in [-0.1, -0.05) is 93.3 Å². The molecule has 0 saturated carbocycles. The number of para-hydroxylation sites is 1. The average Bonchev–Trinajstić information content (AvgIpc) is 2.96. The van der Waals surface area contributed by atoms with Gasteiger partial charge in [0.1, 0.15) is 23.4 Å². The highest BCUT2D eigenvalue weighted by Gasteiger charge is 2.36. The van der Waals surface area contributed by atoms with Crippen LogP contribution in [0.4, 0.5) is 10.5 Å². The van der Waals surface area contributed by atoms with Crippen LogP contribution in [-0.2, 0) is 20.7 Å². The van der Waals surface area contributed by atoms with Crippen LogP contribution in [0.25, 0.3) is 0 Å². The van der Waals surface area contributed by atoms with Gasteiger partial charge in [-0.05, 0) is 69.0 Å². The minimum absolute atomic E-state index is 0.0146. The summed E-state index contributed by atoms with van der Waals surface area (Å²) >= 11 is 0. The molecule has 0 fully saturated rings. The van der Waals surface area contributed by atoms with Crippen LogP contribution in [-0.4, -0.2) is 46.1 Å². The van der Waals surface area contributed by atoms with Gasteiger partial charge in [0, 0.05) is 18.7 Å². The van der Waals surface area contributed by atoms with E-state index in [0.29, 0.717) is 17.7 Å². The summed E-state index contributed by atoms with van der Waals surface area (Å²) in [5.74, 6) is -0.842. The van der Waals surface area contributed by atoms with Crippen molar-refractivity contribution in [2.45, 2.75) is 90.8 Å². The lowest BCUT2D eigenvalue weighted by Gasteiger charge is -2.35. The number of alkyl carbamates (subject to hydrolysis) is 1. The SMILES string of the molecule is CCCCCCCN(C(=O)C(Cc1ccccc1)NC(=O)OC(C)(C)C)C(C(=O)Nc1ccccc1C)c1cccc(O)c1. The predicted molar refractivity (Wildman–Crippen MR) is 174 cm³/mol. The lowest BCUT2D eigenvalue weighted by molar-refractivity contribution is -0.140. The Labute approximate surface area is 261 Å². The number of carbonyl (C=O) groups excluding carboxylic acids is 3. The summed E-state index contributed by atoms with van der Waals surface area (Å²) in [5, 5.41) is 16.2. The molecular weight excluding hydrogens is 554 g/mol. The molecule has 3 rings (SSSR count). The van der Waals surface area contributed by atoms with Crippen molar-refractivity contribution in [1.82, 2.24) is 10.2 Å². The first-order chi connectivity index (χ1) is 21.0. The van der Waals surface area contributed by atoms with Gasteiger partial charge in [-0.3, -0.25) is 9.59 Å². The van der Waals surface area contributed by atoms with E-state index in [1.807, 2.05) is 61.5 Å². The number of unbranched alkanes of at least 4 members (excludes halogenated alkanes) is 4. The molecule has 0 heterocycles. The first-order valence-electron chi connectivity index (χ1n) is 15.5. The third-order valence-electron chi connectivity index (χ3n) is 7.21. The Morgan fingerprint density at radius 3 is 2.23 bits per heavy atom. The number of aromatic hydroxyl groups is 1. The number of hydrogen-bond acceptors (Lipinski definition) is 5. The van der Waals surface area contributed by atoms with Crippen LogP contribution in [0.3, 0.4) is 0 Å². The molecule has 8 nitrogen and oxygen atoms in total. The molecule has 0 aliphatic carbocycles. The number of phenolic OH excluding ortho intramolecular Hbond substituents is 1. The molecule has 3 amide bonds. The van der Waals surface area contributed by atoms with Crippen molar-refractivity contribution in [2.24, 2.45) is 0 Å². The molecule has 3 N–H and O–H groups in total. The molecule has 0 aliphatic heterocycles. The lowest BCUT2D eigenvalue weighted by Crippen LogP contribution is -2.53. The van der Waals surface area contributed by atoms with Gasteiger partial charge in [-0.2, -0.15) is 0 Å². The summed E-state index contributed by atoms with van der Waals surface area (Å²) < 4.78 is 5.53. The zero-order valence-electron chi connectivity index (χ0n) is 26.6. The highest BCUT2D eigenvalue weighted by molar-refractivity contribution is 5.99. The van der Waals surface area contributed by atoms with Gasteiger partial charge in [0.25, 0.3) is 5.91 Å². The second kappa shape index (κ2) is 16.5. The molecular formula is C36H47N3O5. The monoisotopic (exact) mass is 601 g/mol. The van der Waals surface area contributed by atoms with Crippen LogP contribution in [0.15, 0.2) is 78.9 Å². The summed E-state index contributed by atoms with van der Waals surface area (Å²) in [7, 11) is 0. The lowest BCUT2D eigenvalue weighted by atomic mass is 9.99. The highest BCUT2D eigenvalue weighted by atomic mass is 16.6. The summed E-state index contributed by atoms with van der Waals surface area (Å²) in [6.45, 7) is 9.60. The maximum atomic E-state index is 14.6. The predicted octanol–water partition coefficient (Wildman–Crippen LogP) is 7.32. The van der Waals surface area contributed by atoms with Crippen molar-refractivity contribution in [2.75, 3.05) is 11.9 Å². The van der Waals surface area contributed by atoms with Crippen molar-refractivity contribution in [3.63, 3.8) is 0 Å². The van der Waals surface area contributed by atoms with Crippen LogP contribution in [0, 0.1) is 6.92 Å². The maximum Gasteiger partial charge on any atom is 0.408 e. The number of phenols is 1. The van der Waals surface area contributed by atoms with Crippen molar-refractivity contribution in [3.05, 3.63) is 95.6 Å². The Hall–Kier alpha value is -4.33. The van der Waals surface area contributed by atoms with E-state index in [9.17, 15) is 19.5 Å². The molecule has 44 heavy (non-hydrogen) atoms. The van der Waals surface area contributed by atoms with E-state index in [2.05, 4.69) is 17.6 Å². The molecule has 8 heteroatoms. The topological polar surface area (TPSA) is 108 Å². The average molecular weight is 602 g/mol. The molecule has 0 aromatic heterocycles. The fraction of sp³-hybridized carbons (Fsp3) is 0.417. The molecule has 2 atom stereocenters. The second-order valence-electron chi connectivity index (χ2n) is 12.1. The number of hydrogen-bond donors (Lipinski definition) is 3. The van der Waals surface area contributed by atoms with E-state index in [1.54, 1.807) is 37.8 Å². The van der Waals surface area contributed by atoms with Gasteiger partial charge < -0.3 is 25.4 Å². The van der Waals surface area contributed by atoms with E-state index >= 15 is 0 Å². The molecule has 0 saturated heterocycles. The zero-order valence-corrected chi connectivity index (χ0v) is 26.6. The molecule has 236 valence electrons. The van der Waals surface area contributed by atoms with E-state index in [4.69, 9.17) is 4.74 Å². The summed E-state index contributed by atoms with van der Waals surface area (Å²) in [5.41, 5.74) is 2.06. The third kappa shape index (κ3) is 10.7. The van der Waals surface area contributed by atoms with Crippen LogP contribution in [0.1, 0.15) is 82.5 Å². The maximum absolute atomic E-state index is 14.6. The molecule has 0 aliphatic rings. The largest absolute Gasteiger partial charge is 0.508 e. The molecule has 3 aromatic rings. The first-order valence-corrected chi connectivity index (χ1v) is 15.5. The quantitative estimate of drug-likeness (QED) is 0.168. The van der Waals surface area contributed by atoms with Crippen LogP contribution < -0.4 is 10.6 Å². The number of aryl methyl sites for hydroxylation is 1. The minimum atomic E-state index is -1.07. The number of ether oxygens (including phenoxy) is 1. The Kier molecular flexibility index (Phi) is 12.8. The summed E-state index contributed by atoms with van der Waals surface area (Å²) in [6, 6.07) is 21.2. The van der Waals surface area contributed by atoms with Gasteiger partial charge in [-0.25, -0.2) is 4.79 Å². The Morgan fingerprint density at radius 2 is 1.57 bits per heavy atom. The number of rotatable bonds is 14. The number of nitrogens with zero attached hydrogens (tertiary/aromatic N) is 1. The van der Waals surface area contributed by atoms with E-state index in [0.717, 1.165) is 36.8 Å². The summed E-state index contributed by atoms with van der Waals surface area (Å²) in [4.78, 5) is 43.3. The Morgan fingerprint density at radius 1 is 0.886 bits per heavy atom. The van der Waals surface area contributed by atoms with Gasteiger partial charge in [0.05, 0.1) is 0 Å². The fourth-order valence-corrected chi connectivity index (χ4v) is 5.03. The van der Waals surface area contributed by atoms with Gasteiger partial charge in [-0.15, -0.1) is 0 Å². The standard InChI is InChI=1S/C36H47N3O5/c1-6-7-8-9-15-23-39(34(42)31(24-27-18-11-10-12-19-27)38-35(43)44-36(3,4)5)32(28-20-16-21-29(40)25-28)33(41)37-30-22-14-13-17-26(30)2/h10-14,16-22,25,31-32,40H,6-9,15,23-24H2,1-5H3,(H,37,41)(H,38,43). The normalized spacial score (nSPS) is 12.6. The zero-order chi connectivity index (χ0) is 32.1. The minimum Gasteiger partial charge on any atom is -0.508 e. The second-order valence-corrected chi connectivity index (χ2v) is 12.1. The molecule has 0 radical (unpaired) electrons. The number of nitrogens with one attached hydrogen (secondary N) is 2. The smallest absolute Gasteiger partial charge is 0.408 e. The van der Waals surface area contributed by atoms with Crippen LogP contribution >= 0.6 is 0 Å². The third-order valence-corrected chi connectivity index (χ3v) is 7.21. The van der Waals surface area contributed by atoms with Gasteiger partial charge >= 0.3 is 6.09 Å². The summed E-state index contributed by atoms with van der Waals surface area (Å²) in [6.07, 6.45) is 4.20. The molecule has 0 bridgehead atoms. The van der Waals surface area contributed by atoms with E-state index in [-0.39, 0.29) is 18.7 Å². The van der Waals surface area contributed by atoms with Crippen molar-refractivity contribution < 1.29 is 24.2 Å². The van der Waals surface area contributed by atoms with Crippen molar-refractivity contribution >= 4 is 23.6 Å². The fourth-order valence-electron chi connectivity index (χ4n) is 5.03. The van der Waals surface area contributed by atoms with Gasteiger partial charge in [0.15, 0.2) is 0 Å². The van der Waals surface area contributed by atoms with Crippen LogP contribution in [0.2, 0.25) is 0 Å². The number of carbonyl (C=O) groups is 3. The van der Waals surface area contributed by atoms with Crippen molar-refractivity contribution in [3.8, 4) is 5.75 Å². The number of anilines is 1. The van der Waals surface area contributed by atoms with Gasteiger partial charge in [0.2, 0.25) is 5.91 Å². The van der Waals surface area contributed by atoms with E-state index in [1.165, 1.54) is 12.1 Å². The Bertz CT molecular complexity index is 1370. The van der Waals surface area contributed by atoms with Crippen molar-refractivity contribution in [1.29, 1.82) is 0 Å². The molecule has 0 spiro atoms.